The summed E-state index contributed by atoms with van der Waals surface area (Å²) in [6.45, 7) is 3.63. The molecule has 2 rings (SSSR count). The van der Waals surface area contributed by atoms with Gasteiger partial charge in [-0.05, 0) is 19.9 Å². The third-order valence-electron chi connectivity index (χ3n) is 2.48. The van der Waals surface area contributed by atoms with Gasteiger partial charge in [0.2, 0.25) is 5.91 Å². The van der Waals surface area contributed by atoms with Crippen LogP contribution in [0.5, 0.6) is 0 Å². The van der Waals surface area contributed by atoms with Gasteiger partial charge in [-0.15, -0.1) is 11.3 Å². The second kappa shape index (κ2) is 6.03. The van der Waals surface area contributed by atoms with Crippen LogP contribution < -0.4 is 10.6 Å². The lowest BCUT2D eigenvalue weighted by molar-refractivity contribution is -0.120. The van der Waals surface area contributed by atoms with Gasteiger partial charge in [-0.25, -0.2) is 0 Å². The molecule has 2 aromatic heterocycles. The number of nitrogens with one attached hydrogen (secondary N) is 3. The van der Waals surface area contributed by atoms with E-state index in [1.807, 2.05) is 13.8 Å². The van der Waals surface area contributed by atoms with Crippen LogP contribution in [0.2, 0.25) is 9.36 Å². The number of thiophene rings is 1. The fraction of sp³-hybridized carbons (Fsp3) is 0.333. The van der Waals surface area contributed by atoms with E-state index in [4.69, 9.17) is 23.2 Å². The number of aromatic nitrogens is 1. The van der Waals surface area contributed by atoms with E-state index in [2.05, 4.69) is 15.6 Å². The highest BCUT2D eigenvalue weighted by molar-refractivity contribution is 7.23. The molecule has 2 aromatic rings. The number of fused-ring (bicyclic) bond motifs is 1. The summed E-state index contributed by atoms with van der Waals surface area (Å²) in [6, 6.07) is 1.70. The zero-order chi connectivity index (χ0) is 14.9. The van der Waals surface area contributed by atoms with Gasteiger partial charge in [0.1, 0.15) is 10.0 Å². The SMILES string of the molecule is CC(C)NC(=O)CNC(=O)c1cc2sc(Cl)c(Cl)c2[nH]1. The number of carbonyl (C=O) groups excluding carboxylic acids is 2. The van der Waals surface area contributed by atoms with Gasteiger partial charge in [0.05, 0.1) is 21.8 Å². The van der Waals surface area contributed by atoms with E-state index in [1.165, 1.54) is 11.3 Å². The molecule has 0 fully saturated rings. The Bertz CT molecular complexity index is 663. The second-order valence-electron chi connectivity index (χ2n) is 4.52. The van der Waals surface area contributed by atoms with Crippen LogP contribution in [0.4, 0.5) is 0 Å². The summed E-state index contributed by atoms with van der Waals surface area (Å²) >= 11 is 13.2. The van der Waals surface area contributed by atoms with Gasteiger partial charge in [-0.3, -0.25) is 9.59 Å². The van der Waals surface area contributed by atoms with Crippen molar-refractivity contribution in [2.75, 3.05) is 6.54 Å². The molecule has 5 nitrogen and oxygen atoms in total. The summed E-state index contributed by atoms with van der Waals surface area (Å²) in [7, 11) is 0. The van der Waals surface area contributed by atoms with Crippen molar-refractivity contribution in [1.82, 2.24) is 15.6 Å². The van der Waals surface area contributed by atoms with Crippen molar-refractivity contribution >= 4 is 56.6 Å². The molecule has 0 radical (unpaired) electrons. The van der Waals surface area contributed by atoms with E-state index in [0.29, 0.717) is 20.6 Å². The molecule has 0 spiro atoms. The van der Waals surface area contributed by atoms with Gasteiger partial charge in [0.25, 0.3) is 5.91 Å². The molecule has 0 aliphatic heterocycles. The summed E-state index contributed by atoms with van der Waals surface area (Å²) in [5.74, 6) is -0.595. The first-order chi connectivity index (χ1) is 9.38. The molecule has 108 valence electrons. The van der Waals surface area contributed by atoms with Crippen LogP contribution in [0, 0.1) is 0 Å². The van der Waals surface area contributed by atoms with Crippen LogP contribution in [0.1, 0.15) is 24.3 Å². The van der Waals surface area contributed by atoms with Crippen LogP contribution in [0.3, 0.4) is 0 Å². The Morgan fingerprint density at radius 1 is 1.40 bits per heavy atom. The minimum absolute atomic E-state index is 0.0381. The number of aromatic amines is 1. The first-order valence-corrected chi connectivity index (χ1v) is 7.49. The van der Waals surface area contributed by atoms with Gasteiger partial charge in [-0.2, -0.15) is 0 Å². The first kappa shape index (κ1) is 15.2. The van der Waals surface area contributed by atoms with Crippen LogP contribution in [-0.4, -0.2) is 29.4 Å². The molecule has 0 aliphatic carbocycles. The number of amides is 2. The molecule has 2 heterocycles. The summed E-state index contributed by atoms with van der Waals surface area (Å²) in [5.41, 5.74) is 0.987. The number of carbonyl (C=O) groups is 2. The summed E-state index contributed by atoms with van der Waals surface area (Å²) in [5, 5.41) is 5.63. The molecular weight excluding hydrogens is 321 g/mol. The molecule has 0 aliphatic rings. The lowest BCUT2D eigenvalue weighted by atomic mass is 10.3. The van der Waals surface area contributed by atoms with E-state index in [9.17, 15) is 9.59 Å². The number of H-pyrrole nitrogens is 1. The van der Waals surface area contributed by atoms with Gasteiger partial charge in [0, 0.05) is 6.04 Å². The highest BCUT2D eigenvalue weighted by Gasteiger charge is 2.16. The van der Waals surface area contributed by atoms with Gasteiger partial charge < -0.3 is 15.6 Å². The fourth-order valence-corrected chi connectivity index (χ4v) is 3.15. The van der Waals surface area contributed by atoms with Gasteiger partial charge >= 0.3 is 0 Å². The van der Waals surface area contributed by atoms with E-state index in [1.54, 1.807) is 6.07 Å². The topological polar surface area (TPSA) is 74.0 Å². The summed E-state index contributed by atoms with van der Waals surface area (Å²) in [4.78, 5) is 26.2. The standard InChI is InChI=1S/C12H13Cl2N3O2S/c1-5(2)16-8(18)4-15-12(19)6-3-7-10(17-6)9(13)11(14)20-7/h3,5,17H,4H2,1-2H3,(H,15,19)(H,16,18). The molecule has 20 heavy (non-hydrogen) atoms. The average Bonchev–Trinajstić information content (AvgIpc) is 2.87. The Balaban J connectivity index is 2.03. The van der Waals surface area contributed by atoms with E-state index >= 15 is 0 Å². The maximum atomic E-state index is 11.9. The van der Waals surface area contributed by atoms with Crippen molar-refractivity contribution in [1.29, 1.82) is 0 Å². The van der Waals surface area contributed by atoms with Crippen LogP contribution in [0.15, 0.2) is 6.07 Å². The smallest absolute Gasteiger partial charge is 0.268 e. The molecule has 0 aromatic carbocycles. The van der Waals surface area contributed by atoms with Crippen molar-refractivity contribution in [2.24, 2.45) is 0 Å². The third-order valence-corrected chi connectivity index (χ3v) is 4.41. The Hall–Kier alpha value is -1.24. The fourth-order valence-electron chi connectivity index (χ4n) is 1.67. The minimum atomic E-state index is -0.362. The molecule has 0 atom stereocenters. The zero-order valence-electron chi connectivity index (χ0n) is 10.8. The molecule has 0 unspecified atom stereocenters. The molecule has 0 bridgehead atoms. The van der Waals surface area contributed by atoms with Crippen LogP contribution in [-0.2, 0) is 4.79 Å². The predicted molar refractivity (Wildman–Crippen MR) is 81.8 cm³/mol. The maximum absolute atomic E-state index is 11.9. The van der Waals surface area contributed by atoms with Crippen molar-refractivity contribution < 1.29 is 9.59 Å². The highest BCUT2D eigenvalue weighted by atomic mass is 35.5. The van der Waals surface area contributed by atoms with Crippen molar-refractivity contribution in [3.8, 4) is 0 Å². The quantitative estimate of drug-likeness (QED) is 0.804. The zero-order valence-corrected chi connectivity index (χ0v) is 13.2. The number of halogens is 2. The Morgan fingerprint density at radius 3 is 2.70 bits per heavy atom. The molecule has 8 heteroatoms. The minimum Gasteiger partial charge on any atom is -0.352 e. The largest absolute Gasteiger partial charge is 0.352 e. The maximum Gasteiger partial charge on any atom is 0.268 e. The molecule has 3 N–H and O–H groups in total. The Kier molecular flexibility index (Phi) is 4.57. The Labute approximate surface area is 129 Å². The number of rotatable bonds is 4. The normalized spacial score (nSPS) is 11.1. The first-order valence-electron chi connectivity index (χ1n) is 5.92. The molecular formula is C12H13Cl2N3O2S. The van der Waals surface area contributed by atoms with E-state index in [-0.39, 0.29) is 24.4 Å². The van der Waals surface area contributed by atoms with Crippen molar-refractivity contribution in [3.05, 3.63) is 21.1 Å². The Morgan fingerprint density at radius 2 is 2.10 bits per heavy atom. The predicted octanol–water partition coefficient (Wildman–Crippen LogP) is 2.79. The average molecular weight is 334 g/mol. The number of hydrogen-bond donors (Lipinski definition) is 3. The van der Waals surface area contributed by atoms with Gasteiger partial charge in [0.15, 0.2) is 0 Å². The van der Waals surface area contributed by atoms with E-state index < -0.39 is 0 Å². The van der Waals surface area contributed by atoms with Crippen LogP contribution >= 0.6 is 34.5 Å². The summed E-state index contributed by atoms with van der Waals surface area (Å²) < 4.78 is 1.29. The molecule has 0 saturated carbocycles. The van der Waals surface area contributed by atoms with Crippen LogP contribution in [0.25, 0.3) is 10.2 Å². The third kappa shape index (κ3) is 3.26. The summed E-state index contributed by atoms with van der Waals surface area (Å²) in [6.07, 6.45) is 0. The molecule has 0 saturated heterocycles. The lowest BCUT2D eigenvalue weighted by Gasteiger charge is -2.08. The lowest BCUT2D eigenvalue weighted by Crippen LogP contribution is -2.39. The van der Waals surface area contributed by atoms with Crippen molar-refractivity contribution in [2.45, 2.75) is 19.9 Å². The van der Waals surface area contributed by atoms with Gasteiger partial charge in [-0.1, -0.05) is 23.2 Å². The molecule has 2 amide bonds. The highest BCUT2D eigenvalue weighted by Crippen LogP contribution is 2.38. The number of hydrogen-bond acceptors (Lipinski definition) is 3. The van der Waals surface area contributed by atoms with Crippen molar-refractivity contribution in [3.63, 3.8) is 0 Å². The monoisotopic (exact) mass is 333 g/mol. The second-order valence-corrected chi connectivity index (χ2v) is 6.55. The van der Waals surface area contributed by atoms with E-state index in [0.717, 1.165) is 4.70 Å².